The Kier molecular flexibility index (Phi) is 6.47. The standard InChI is InChI=1S/C17H23N3O3/c1-3-22-15-6-5-13(11-16(15)23-4-2)7-9-18-17(21)12-14-8-10-19-20-14/h5-6,8,10-11H,3-4,7,9,12H2,1-2H3,(H,18,21)(H,19,20). The van der Waals surface area contributed by atoms with E-state index in [9.17, 15) is 4.79 Å². The van der Waals surface area contributed by atoms with Crippen LogP contribution < -0.4 is 14.8 Å². The maximum Gasteiger partial charge on any atom is 0.226 e. The average molecular weight is 317 g/mol. The molecule has 2 rings (SSSR count). The van der Waals surface area contributed by atoms with Crippen LogP contribution in [-0.2, 0) is 17.6 Å². The predicted octanol–water partition coefficient (Wildman–Crippen LogP) is 2.11. The van der Waals surface area contributed by atoms with Gasteiger partial charge in [0.2, 0.25) is 5.91 Å². The molecule has 0 aliphatic carbocycles. The number of aromatic amines is 1. The van der Waals surface area contributed by atoms with Crippen LogP contribution in [0.4, 0.5) is 0 Å². The smallest absolute Gasteiger partial charge is 0.226 e. The fourth-order valence-corrected chi connectivity index (χ4v) is 2.22. The third kappa shape index (κ3) is 5.32. The predicted molar refractivity (Wildman–Crippen MR) is 87.8 cm³/mol. The second-order valence-corrected chi connectivity index (χ2v) is 5.01. The molecule has 0 saturated heterocycles. The van der Waals surface area contributed by atoms with Crippen LogP contribution in [-0.4, -0.2) is 35.9 Å². The van der Waals surface area contributed by atoms with Gasteiger partial charge in [-0.05, 0) is 44.0 Å². The normalized spacial score (nSPS) is 10.3. The Morgan fingerprint density at radius 2 is 1.96 bits per heavy atom. The molecule has 1 aromatic carbocycles. The van der Waals surface area contributed by atoms with Gasteiger partial charge in [0.05, 0.1) is 19.6 Å². The van der Waals surface area contributed by atoms with E-state index >= 15 is 0 Å². The quantitative estimate of drug-likeness (QED) is 0.742. The summed E-state index contributed by atoms with van der Waals surface area (Å²) in [6.07, 6.45) is 2.69. The van der Waals surface area contributed by atoms with Crippen molar-refractivity contribution in [3.05, 3.63) is 41.7 Å². The van der Waals surface area contributed by atoms with Crippen LogP contribution in [0.5, 0.6) is 11.5 Å². The number of amides is 1. The molecule has 0 aliphatic heterocycles. The van der Waals surface area contributed by atoms with Gasteiger partial charge in [0, 0.05) is 18.4 Å². The molecule has 1 amide bonds. The highest BCUT2D eigenvalue weighted by atomic mass is 16.5. The van der Waals surface area contributed by atoms with Crippen LogP contribution in [0.2, 0.25) is 0 Å². The topological polar surface area (TPSA) is 76.2 Å². The van der Waals surface area contributed by atoms with Gasteiger partial charge in [0.25, 0.3) is 0 Å². The molecule has 1 heterocycles. The van der Waals surface area contributed by atoms with Gasteiger partial charge in [-0.2, -0.15) is 5.10 Å². The minimum Gasteiger partial charge on any atom is -0.490 e. The number of nitrogens with one attached hydrogen (secondary N) is 2. The van der Waals surface area contributed by atoms with Crippen LogP contribution in [0, 0.1) is 0 Å². The van der Waals surface area contributed by atoms with Crippen molar-refractivity contribution < 1.29 is 14.3 Å². The van der Waals surface area contributed by atoms with Crippen LogP contribution in [0.25, 0.3) is 0 Å². The van der Waals surface area contributed by atoms with Crippen molar-refractivity contribution in [1.29, 1.82) is 0 Å². The summed E-state index contributed by atoms with van der Waals surface area (Å²) in [4.78, 5) is 11.8. The van der Waals surface area contributed by atoms with E-state index in [1.54, 1.807) is 12.3 Å². The number of hydrogen-bond donors (Lipinski definition) is 2. The Bertz CT molecular complexity index is 612. The number of hydrogen-bond acceptors (Lipinski definition) is 4. The number of H-pyrrole nitrogens is 1. The summed E-state index contributed by atoms with van der Waals surface area (Å²) < 4.78 is 11.1. The van der Waals surface area contributed by atoms with E-state index in [4.69, 9.17) is 9.47 Å². The van der Waals surface area contributed by atoms with Crippen molar-refractivity contribution >= 4 is 5.91 Å². The second-order valence-electron chi connectivity index (χ2n) is 5.01. The maximum atomic E-state index is 11.8. The van der Waals surface area contributed by atoms with Gasteiger partial charge in [-0.25, -0.2) is 0 Å². The van der Waals surface area contributed by atoms with Crippen molar-refractivity contribution in [1.82, 2.24) is 15.5 Å². The molecular weight excluding hydrogens is 294 g/mol. The Labute approximate surface area is 136 Å². The molecule has 1 aromatic heterocycles. The van der Waals surface area contributed by atoms with Gasteiger partial charge < -0.3 is 14.8 Å². The van der Waals surface area contributed by atoms with E-state index in [-0.39, 0.29) is 5.91 Å². The lowest BCUT2D eigenvalue weighted by atomic mass is 10.1. The summed E-state index contributed by atoms with van der Waals surface area (Å²) >= 11 is 0. The lowest BCUT2D eigenvalue weighted by Gasteiger charge is -2.12. The number of carbonyl (C=O) groups excluding carboxylic acids is 1. The minimum atomic E-state index is -0.0229. The molecule has 0 aliphatic rings. The second kappa shape index (κ2) is 8.82. The van der Waals surface area contributed by atoms with Crippen LogP contribution in [0.1, 0.15) is 25.1 Å². The Morgan fingerprint density at radius 1 is 1.17 bits per heavy atom. The molecule has 23 heavy (non-hydrogen) atoms. The summed E-state index contributed by atoms with van der Waals surface area (Å²) in [5, 5.41) is 9.50. The molecule has 0 fully saturated rings. The molecule has 2 N–H and O–H groups in total. The van der Waals surface area contributed by atoms with Gasteiger partial charge >= 0.3 is 0 Å². The van der Waals surface area contributed by atoms with Crippen molar-refractivity contribution in [3.63, 3.8) is 0 Å². The molecule has 0 atom stereocenters. The third-order valence-electron chi connectivity index (χ3n) is 3.25. The molecule has 6 heteroatoms. The summed E-state index contributed by atoms with van der Waals surface area (Å²) in [5.74, 6) is 1.47. The van der Waals surface area contributed by atoms with Crippen molar-refractivity contribution in [2.24, 2.45) is 0 Å². The van der Waals surface area contributed by atoms with E-state index in [1.807, 2.05) is 32.0 Å². The molecule has 0 radical (unpaired) electrons. The van der Waals surface area contributed by atoms with E-state index in [0.29, 0.717) is 26.2 Å². The van der Waals surface area contributed by atoms with Crippen LogP contribution in [0.15, 0.2) is 30.5 Å². The van der Waals surface area contributed by atoms with E-state index in [1.165, 1.54) is 0 Å². The molecule has 0 saturated carbocycles. The molecule has 0 unspecified atom stereocenters. The summed E-state index contributed by atoms with van der Waals surface area (Å²) in [5.41, 5.74) is 1.90. The van der Waals surface area contributed by atoms with Gasteiger partial charge in [-0.1, -0.05) is 6.07 Å². The lowest BCUT2D eigenvalue weighted by molar-refractivity contribution is -0.120. The number of ether oxygens (including phenoxy) is 2. The minimum absolute atomic E-state index is 0.0229. The zero-order valence-corrected chi connectivity index (χ0v) is 13.6. The first-order chi connectivity index (χ1) is 11.2. The number of aromatic nitrogens is 2. The first-order valence-electron chi connectivity index (χ1n) is 7.86. The zero-order chi connectivity index (χ0) is 16.5. The first kappa shape index (κ1) is 16.9. The summed E-state index contributed by atoms with van der Waals surface area (Å²) in [7, 11) is 0. The number of rotatable bonds is 9. The maximum absolute atomic E-state index is 11.8. The van der Waals surface area contributed by atoms with E-state index < -0.39 is 0 Å². The molecule has 2 aromatic rings. The first-order valence-corrected chi connectivity index (χ1v) is 7.86. The molecule has 6 nitrogen and oxygen atoms in total. The molecule has 0 spiro atoms. The number of carbonyl (C=O) groups is 1. The van der Waals surface area contributed by atoms with Crippen molar-refractivity contribution in [2.45, 2.75) is 26.7 Å². The molecule has 124 valence electrons. The molecule has 0 bridgehead atoms. The van der Waals surface area contributed by atoms with Crippen molar-refractivity contribution in [2.75, 3.05) is 19.8 Å². The highest BCUT2D eigenvalue weighted by Gasteiger charge is 2.07. The van der Waals surface area contributed by atoms with Crippen LogP contribution in [0.3, 0.4) is 0 Å². The van der Waals surface area contributed by atoms with Gasteiger partial charge in [0.1, 0.15) is 0 Å². The third-order valence-corrected chi connectivity index (χ3v) is 3.25. The van der Waals surface area contributed by atoms with Crippen LogP contribution >= 0.6 is 0 Å². The number of nitrogens with zero attached hydrogens (tertiary/aromatic N) is 1. The summed E-state index contributed by atoms with van der Waals surface area (Å²) in [6.45, 7) is 5.65. The SMILES string of the molecule is CCOc1ccc(CCNC(=O)Cc2ccn[nH]2)cc1OCC. The zero-order valence-electron chi connectivity index (χ0n) is 13.6. The monoisotopic (exact) mass is 317 g/mol. The average Bonchev–Trinajstić information content (AvgIpc) is 3.03. The lowest BCUT2D eigenvalue weighted by Crippen LogP contribution is -2.27. The fraction of sp³-hybridized carbons (Fsp3) is 0.412. The van der Waals surface area contributed by atoms with Gasteiger partial charge in [0.15, 0.2) is 11.5 Å². The van der Waals surface area contributed by atoms with Gasteiger partial charge in [-0.3, -0.25) is 9.89 Å². The Balaban J connectivity index is 1.85. The van der Waals surface area contributed by atoms with Crippen molar-refractivity contribution in [3.8, 4) is 11.5 Å². The van der Waals surface area contributed by atoms with E-state index in [0.717, 1.165) is 29.2 Å². The fourth-order valence-electron chi connectivity index (χ4n) is 2.22. The molecular formula is C17H23N3O3. The summed E-state index contributed by atoms with van der Waals surface area (Å²) in [6, 6.07) is 7.67. The highest BCUT2D eigenvalue weighted by molar-refractivity contribution is 5.78. The number of benzene rings is 1. The Hall–Kier alpha value is -2.50. The largest absolute Gasteiger partial charge is 0.490 e. The van der Waals surface area contributed by atoms with Gasteiger partial charge in [-0.15, -0.1) is 0 Å². The van der Waals surface area contributed by atoms with E-state index in [2.05, 4.69) is 15.5 Å². The Morgan fingerprint density at radius 3 is 2.65 bits per heavy atom. The highest BCUT2D eigenvalue weighted by Crippen LogP contribution is 2.28.